The Kier molecular flexibility index (Phi) is 3.54. The third-order valence-corrected chi connectivity index (χ3v) is 5.09. The Morgan fingerprint density at radius 2 is 2.23 bits per heavy atom. The van der Waals surface area contributed by atoms with Gasteiger partial charge in [-0.3, -0.25) is 14.6 Å². The number of hydrogen-bond donors (Lipinski definition) is 1. The van der Waals surface area contributed by atoms with E-state index in [1.165, 1.54) is 0 Å². The first-order valence-electron chi connectivity index (χ1n) is 7.60. The van der Waals surface area contributed by atoms with Crippen LogP contribution in [0.25, 0.3) is 0 Å². The topological polar surface area (TPSA) is 73.7 Å². The van der Waals surface area contributed by atoms with Gasteiger partial charge in [0.15, 0.2) is 0 Å². The predicted octanol–water partition coefficient (Wildman–Crippen LogP) is 1.47. The minimum Gasteiger partial charge on any atom is -0.481 e. The van der Waals surface area contributed by atoms with Gasteiger partial charge in [-0.05, 0) is 24.8 Å². The second-order valence-electron chi connectivity index (χ2n) is 6.52. The van der Waals surface area contributed by atoms with Gasteiger partial charge in [0.2, 0.25) is 0 Å². The molecule has 2 aliphatic rings. The van der Waals surface area contributed by atoms with Crippen molar-refractivity contribution >= 4 is 17.6 Å². The maximum Gasteiger partial charge on any atom is 0.311 e. The fourth-order valence-corrected chi connectivity index (χ4v) is 3.91. The zero-order valence-electron chi connectivity index (χ0n) is 13.0. The molecule has 22 heavy (non-hydrogen) atoms. The van der Waals surface area contributed by atoms with Crippen LogP contribution in [0.15, 0.2) is 18.5 Å². The summed E-state index contributed by atoms with van der Waals surface area (Å²) in [7, 11) is 3.76. The summed E-state index contributed by atoms with van der Waals surface area (Å²) in [6.07, 6.45) is 5.73. The molecule has 0 unspecified atom stereocenters. The molecule has 1 N–H and O–H groups in total. The highest BCUT2D eigenvalue weighted by Gasteiger charge is 2.55. The number of nitrogens with zero attached hydrogens (tertiary/aromatic N) is 3. The molecule has 6 nitrogen and oxygen atoms in total. The number of hydrogen-bond acceptors (Lipinski definition) is 4. The van der Waals surface area contributed by atoms with E-state index in [2.05, 4.69) is 4.98 Å². The minimum absolute atomic E-state index is 0.0772. The average molecular weight is 303 g/mol. The lowest BCUT2D eigenvalue weighted by atomic mass is 9.81. The van der Waals surface area contributed by atoms with Gasteiger partial charge in [0.05, 0.1) is 16.7 Å². The molecule has 2 atom stereocenters. The lowest BCUT2D eigenvalue weighted by molar-refractivity contribution is -0.149. The number of aromatic nitrogens is 1. The molecule has 1 aliphatic heterocycles. The maximum absolute atomic E-state index is 12.8. The van der Waals surface area contributed by atoms with Gasteiger partial charge in [0, 0.05) is 39.6 Å². The Morgan fingerprint density at radius 1 is 1.45 bits per heavy atom. The summed E-state index contributed by atoms with van der Waals surface area (Å²) in [5.74, 6) is -0.801. The second-order valence-corrected chi connectivity index (χ2v) is 6.52. The number of amides is 1. The Balaban J connectivity index is 1.88. The number of pyridine rings is 1. The maximum atomic E-state index is 12.8. The van der Waals surface area contributed by atoms with Crippen LogP contribution >= 0.6 is 0 Å². The van der Waals surface area contributed by atoms with E-state index in [0.29, 0.717) is 25.1 Å². The summed E-state index contributed by atoms with van der Waals surface area (Å²) < 4.78 is 0. The highest BCUT2D eigenvalue weighted by Crippen LogP contribution is 2.49. The summed E-state index contributed by atoms with van der Waals surface area (Å²) in [6.45, 7) is 0.848. The fourth-order valence-electron chi connectivity index (χ4n) is 3.91. The highest BCUT2D eigenvalue weighted by atomic mass is 16.4. The summed E-state index contributed by atoms with van der Waals surface area (Å²) >= 11 is 0. The molecule has 1 aromatic heterocycles. The highest BCUT2D eigenvalue weighted by molar-refractivity contribution is 6.00. The van der Waals surface area contributed by atoms with Crippen molar-refractivity contribution in [1.29, 1.82) is 0 Å². The van der Waals surface area contributed by atoms with Crippen molar-refractivity contribution in [2.75, 3.05) is 32.1 Å². The van der Waals surface area contributed by atoms with Gasteiger partial charge in [-0.1, -0.05) is 6.42 Å². The zero-order valence-corrected chi connectivity index (χ0v) is 13.0. The van der Waals surface area contributed by atoms with Gasteiger partial charge in [-0.25, -0.2) is 0 Å². The first-order chi connectivity index (χ1) is 10.5. The zero-order chi connectivity index (χ0) is 15.9. The van der Waals surface area contributed by atoms with E-state index in [9.17, 15) is 14.7 Å². The lowest BCUT2D eigenvalue weighted by Gasteiger charge is -2.24. The molecule has 1 saturated heterocycles. The van der Waals surface area contributed by atoms with Crippen molar-refractivity contribution in [3.63, 3.8) is 0 Å². The number of aliphatic carboxylic acids is 1. The molecule has 1 aliphatic carbocycles. The van der Waals surface area contributed by atoms with E-state index in [-0.39, 0.29) is 11.8 Å². The number of fused-ring (bicyclic) bond motifs is 1. The van der Waals surface area contributed by atoms with Crippen LogP contribution in [0.1, 0.15) is 29.6 Å². The van der Waals surface area contributed by atoms with Crippen LogP contribution in [0.3, 0.4) is 0 Å². The first-order valence-corrected chi connectivity index (χ1v) is 7.60. The van der Waals surface area contributed by atoms with Crippen LogP contribution < -0.4 is 4.90 Å². The van der Waals surface area contributed by atoms with Crippen molar-refractivity contribution in [2.24, 2.45) is 11.3 Å². The third-order valence-electron chi connectivity index (χ3n) is 5.09. The number of carboxylic acid groups (broad SMARTS) is 1. The number of carbonyl (C=O) groups excluding carboxylic acids is 1. The molecular weight excluding hydrogens is 282 g/mol. The second kappa shape index (κ2) is 5.26. The van der Waals surface area contributed by atoms with Crippen molar-refractivity contribution < 1.29 is 14.7 Å². The molecule has 2 fully saturated rings. The molecule has 1 saturated carbocycles. The molecular formula is C16H21N3O3. The lowest BCUT2D eigenvalue weighted by Crippen LogP contribution is -2.37. The Morgan fingerprint density at radius 3 is 2.86 bits per heavy atom. The summed E-state index contributed by atoms with van der Waals surface area (Å²) in [5.41, 5.74) is 0.602. The number of rotatable bonds is 3. The Labute approximate surface area is 129 Å². The summed E-state index contributed by atoms with van der Waals surface area (Å²) in [4.78, 5) is 32.2. The van der Waals surface area contributed by atoms with Crippen LogP contribution in [-0.2, 0) is 4.79 Å². The molecule has 3 rings (SSSR count). The van der Waals surface area contributed by atoms with Crippen molar-refractivity contribution in [3.8, 4) is 0 Å². The molecule has 0 bridgehead atoms. The number of carbonyl (C=O) groups is 2. The number of likely N-dealkylation sites (tertiary alicyclic amines) is 1. The monoisotopic (exact) mass is 303 g/mol. The molecule has 118 valence electrons. The number of anilines is 1. The van der Waals surface area contributed by atoms with Gasteiger partial charge in [-0.15, -0.1) is 0 Å². The van der Waals surface area contributed by atoms with E-state index in [1.807, 2.05) is 19.0 Å². The van der Waals surface area contributed by atoms with Crippen LogP contribution in [0, 0.1) is 11.3 Å². The van der Waals surface area contributed by atoms with E-state index in [0.717, 1.165) is 18.5 Å². The Bertz CT molecular complexity index is 616. The summed E-state index contributed by atoms with van der Waals surface area (Å²) in [6, 6.07) is 1.80. The smallest absolute Gasteiger partial charge is 0.311 e. The van der Waals surface area contributed by atoms with E-state index < -0.39 is 11.4 Å². The molecule has 2 heterocycles. The third kappa shape index (κ3) is 2.14. The predicted molar refractivity (Wildman–Crippen MR) is 81.9 cm³/mol. The van der Waals surface area contributed by atoms with Crippen molar-refractivity contribution in [2.45, 2.75) is 19.3 Å². The Hall–Kier alpha value is -2.11. The molecule has 0 spiro atoms. The quantitative estimate of drug-likeness (QED) is 0.915. The van der Waals surface area contributed by atoms with E-state index in [4.69, 9.17) is 0 Å². The van der Waals surface area contributed by atoms with Gasteiger partial charge in [-0.2, -0.15) is 0 Å². The first kappa shape index (κ1) is 14.8. The van der Waals surface area contributed by atoms with Gasteiger partial charge >= 0.3 is 5.97 Å². The van der Waals surface area contributed by atoms with Gasteiger partial charge in [0.1, 0.15) is 0 Å². The van der Waals surface area contributed by atoms with Gasteiger partial charge < -0.3 is 14.9 Å². The fraction of sp³-hybridized carbons (Fsp3) is 0.562. The van der Waals surface area contributed by atoms with Crippen LogP contribution in [-0.4, -0.2) is 54.1 Å². The van der Waals surface area contributed by atoms with Gasteiger partial charge in [0.25, 0.3) is 5.91 Å². The summed E-state index contributed by atoms with van der Waals surface area (Å²) in [5, 5.41) is 9.63. The molecule has 1 amide bonds. The van der Waals surface area contributed by atoms with Crippen LogP contribution in [0.2, 0.25) is 0 Å². The van der Waals surface area contributed by atoms with Crippen molar-refractivity contribution in [3.05, 3.63) is 24.0 Å². The largest absolute Gasteiger partial charge is 0.481 e. The molecule has 1 aromatic rings. The molecule has 0 radical (unpaired) electrons. The standard InChI is InChI=1S/C16H21N3O3/c1-18(2)13-5-7-17-8-12(13)14(20)19-9-11-4-3-6-16(11,10-19)15(21)22/h5,7-8,11H,3-4,6,9-10H2,1-2H3,(H,21,22)/t11-,16+/m0/s1. The SMILES string of the molecule is CN(C)c1ccncc1C(=O)N1C[C@@H]2CCC[C@@]2(C(=O)O)C1. The molecule has 0 aromatic carbocycles. The van der Waals surface area contributed by atoms with Crippen LogP contribution in [0.4, 0.5) is 5.69 Å². The van der Waals surface area contributed by atoms with Crippen LogP contribution in [0.5, 0.6) is 0 Å². The normalized spacial score (nSPS) is 26.8. The van der Waals surface area contributed by atoms with E-state index in [1.54, 1.807) is 23.4 Å². The minimum atomic E-state index is -0.760. The van der Waals surface area contributed by atoms with Crippen molar-refractivity contribution in [1.82, 2.24) is 9.88 Å². The molecule has 6 heteroatoms. The number of carboxylic acids is 1. The average Bonchev–Trinajstić information content (AvgIpc) is 3.04. The van der Waals surface area contributed by atoms with E-state index >= 15 is 0 Å².